The molecule has 0 bridgehead atoms. The fourth-order valence-corrected chi connectivity index (χ4v) is 3.20. The molecular formula is C16H20FN3O2. The number of anilines is 1. The SMILES string of the molecule is Cc1cc(C2CCC(=O)NC2=O)c(F)cc1N1CCNCC1. The summed E-state index contributed by atoms with van der Waals surface area (Å²) < 4.78 is 14.5. The van der Waals surface area contributed by atoms with Crippen LogP contribution in [0.1, 0.15) is 29.9 Å². The zero-order valence-corrected chi connectivity index (χ0v) is 12.6. The van der Waals surface area contributed by atoms with Gasteiger partial charge in [0, 0.05) is 43.9 Å². The number of nitrogens with zero attached hydrogens (tertiary/aromatic N) is 1. The van der Waals surface area contributed by atoms with Gasteiger partial charge in [0.1, 0.15) is 5.82 Å². The fourth-order valence-electron chi connectivity index (χ4n) is 3.20. The number of amides is 2. The summed E-state index contributed by atoms with van der Waals surface area (Å²) in [6.07, 6.45) is 0.627. The highest BCUT2D eigenvalue weighted by atomic mass is 19.1. The first-order chi connectivity index (χ1) is 10.6. The summed E-state index contributed by atoms with van der Waals surface area (Å²) in [5, 5.41) is 5.56. The molecule has 2 fully saturated rings. The molecule has 118 valence electrons. The van der Waals surface area contributed by atoms with Crippen molar-refractivity contribution in [1.82, 2.24) is 10.6 Å². The first-order valence-electron chi connectivity index (χ1n) is 7.65. The van der Waals surface area contributed by atoms with E-state index in [1.54, 1.807) is 6.07 Å². The van der Waals surface area contributed by atoms with Crippen molar-refractivity contribution in [3.05, 3.63) is 29.1 Å². The number of rotatable bonds is 2. The Balaban J connectivity index is 1.89. The van der Waals surface area contributed by atoms with Crippen LogP contribution in [0.3, 0.4) is 0 Å². The highest BCUT2D eigenvalue weighted by Gasteiger charge is 2.30. The fraction of sp³-hybridized carbons (Fsp3) is 0.500. The van der Waals surface area contributed by atoms with Gasteiger partial charge in [0.15, 0.2) is 0 Å². The number of benzene rings is 1. The minimum absolute atomic E-state index is 0.258. The second kappa shape index (κ2) is 6.04. The van der Waals surface area contributed by atoms with Crippen LogP contribution in [0.4, 0.5) is 10.1 Å². The van der Waals surface area contributed by atoms with Gasteiger partial charge in [-0.25, -0.2) is 4.39 Å². The number of carbonyl (C=O) groups is 2. The van der Waals surface area contributed by atoms with Gasteiger partial charge < -0.3 is 10.2 Å². The van der Waals surface area contributed by atoms with Gasteiger partial charge in [0.05, 0.1) is 5.92 Å². The number of piperazine rings is 1. The van der Waals surface area contributed by atoms with E-state index < -0.39 is 11.8 Å². The van der Waals surface area contributed by atoms with Crippen molar-refractivity contribution < 1.29 is 14.0 Å². The summed E-state index contributed by atoms with van der Waals surface area (Å²) in [4.78, 5) is 25.3. The Morgan fingerprint density at radius 3 is 2.64 bits per heavy atom. The van der Waals surface area contributed by atoms with Crippen LogP contribution in [-0.4, -0.2) is 38.0 Å². The van der Waals surface area contributed by atoms with E-state index in [1.807, 2.05) is 6.92 Å². The first kappa shape index (κ1) is 15.0. The van der Waals surface area contributed by atoms with Gasteiger partial charge in [-0.05, 0) is 25.0 Å². The maximum Gasteiger partial charge on any atom is 0.234 e. The molecule has 2 heterocycles. The third-order valence-electron chi connectivity index (χ3n) is 4.39. The van der Waals surface area contributed by atoms with Gasteiger partial charge in [0.2, 0.25) is 11.8 Å². The molecule has 2 amide bonds. The number of halogens is 1. The highest BCUT2D eigenvalue weighted by molar-refractivity contribution is 6.01. The Labute approximate surface area is 128 Å². The monoisotopic (exact) mass is 305 g/mol. The standard InChI is InChI=1S/C16H20FN3O2/c1-10-8-12(11-2-3-15(21)19-16(11)22)13(17)9-14(10)20-6-4-18-5-7-20/h8-9,11,18H,2-7H2,1H3,(H,19,21,22). The predicted octanol–water partition coefficient (Wildman–Crippen LogP) is 1.06. The van der Waals surface area contributed by atoms with Crippen LogP contribution in [0.15, 0.2) is 12.1 Å². The van der Waals surface area contributed by atoms with Gasteiger partial charge in [-0.3, -0.25) is 14.9 Å². The number of carbonyl (C=O) groups excluding carboxylic acids is 2. The lowest BCUT2D eigenvalue weighted by atomic mass is 9.89. The Hall–Kier alpha value is -1.95. The summed E-state index contributed by atoms with van der Waals surface area (Å²) in [5.74, 6) is -1.62. The van der Waals surface area contributed by atoms with Crippen molar-refractivity contribution in [2.45, 2.75) is 25.7 Å². The van der Waals surface area contributed by atoms with Crippen molar-refractivity contribution in [3.63, 3.8) is 0 Å². The van der Waals surface area contributed by atoms with Gasteiger partial charge in [0.25, 0.3) is 0 Å². The molecule has 2 aliphatic heterocycles. The van der Waals surface area contributed by atoms with Gasteiger partial charge in [-0.2, -0.15) is 0 Å². The van der Waals surface area contributed by atoms with E-state index in [9.17, 15) is 14.0 Å². The Bertz CT molecular complexity index is 612. The molecule has 2 saturated heterocycles. The topological polar surface area (TPSA) is 61.4 Å². The summed E-state index contributed by atoms with van der Waals surface area (Å²) in [6, 6.07) is 3.28. The molecule has 0 saturated carbocycles. The van der Waals surface area contributed by atoms with Crippen LogP contribution >= 0.6 is 0 Å². The summed E-state index contributed by atoms with van der Waals surface area (Å²) in [7, 11) is 0. The summed E-state index contributed by atoms with van der Waals surface area (Å²) in [6.45, 7) is 5.40. The van der Waals surface area contributed by atoms with Gasteiger partial charge in [-0.1, -0.05) is 6.07 Å². The molecule has 5 nitrogen and oxygen atoms in total. The molecule has 1 unspecified atom stereocenters. The minimum atomic E-state index is -0.575. The van der Waals surface area contributed by atoms with E-state index in [2.05, 4.69) is 15.5 Å². The normalized spacial score (nSPS) is 22.6. The number of piperidine rings is 1. The molecule has 1 aromatic carbocycles. The molecule has 0 aromatic heterocycles. The Kier molecular flexibility index (Phi) is 4.11. The van der Waals surface area contributed by atoms with Crippen LogP contribution < -0.4 is 15.5 Å². The summed E-state index contributed by atoms with van der Waals surface area (Å²) >= 11 is 0. The second-order valence-electron chi connectivity index (χ2n) is 5.90. The number of imide groups is 1. The molecule has 2 aliphatic rings. The van der Waals surface area contributed by atoms with Crippen molar-refractivity contribution in [2.24, 2.45) is 0 Å². The van der Waals surface area contributed by atoms with Gasteiger partial charge >= 0.3 is 0 Å². The minimum Gasteiger partial charge on any atom is -0.369 e. The van der Waals surface area contributed by atoms with Crippen LogP contribution in [0.2, 0.25) is 0 Å². The number of nitrogens with one attached hydrogen (secondary N) is 2. The predicted molar refractivity (Wildman–Crippen MR) is 81.3 cm³/mol. The van der Waals surface area contributed by atoms with Crippen LogP contribution in [0.5, 0.6) is 0 Å². The van der Waals surface area contributed by atoms with Crippen molar-refractivity contribution in [2.75, 3.05) is 31.1 Å². The van der Waals surface area contributed by atoms with E-state index in [4.69, 9.17) is 0 Å². The van der Waals surface area contributed by atoms with E-state index in [-0.39, 0.29) is 18.1 Å². The van der Waals surface area contributed by atoms with E-state index >= 15 is 0 Å². The molecule has 1 aromatic rings. The Morgan fingerprint density at radius 2 is 1.95 bits per heavy atom. The number of hydrogen-bond acceptors (Lipinski definition) is 4. The zero-order valence-electron chi connectivity index (χ0n) is 12.6. The lowest BCUT2D eigenvalue weighted by Gasteiger charge is -2.31. The highest BCUT2D eigenvalue weighted by Crippen LogP contribution is 2.32. The maximum absolute atomic E-state index is 14.5. The number of hydrogen-bond donors (Lipinski definition) is 2. The quantitative estimate of drug-likeness (QED) is 0.802. The van der Waals surface area contributed by atoms with Gasteiger partial charge in [-0.15, -0.1) is 0 Å². The van der Waals surface area contributed by atoms with Crippen LogP contribution in [0, 0.1) is 12.7 Å². The molecule has 22 heavy (non-hydrogen) atoms. The lowest BCUT2D eigenvalue weighted by molar-refractivity contribution is -0.134. The molecule has 6 heteroatoms. The third kappa shape index (κ3) is 2.83. The molecule has 0 spiro atoms. The second-order valence-corrected chi connectivity index (χ2v) is 5.90. The average molecular weight is 305 g/mol. The van der Waals surface area contributed by atoms with Crippen LogP contribution in [0.25, 0.3) is 0 Å². The molecular weight excluding hydrogens is 285 g/mol. The molecule has 0 aliphatic carbocycles. The third-order valence-corrected chi connectivity index (χ3v) is 4.39. The number of aryl methyl sites for hydroxylation is 1. The van der Waals surface area contributed by atoms with Crippen molar-refractivity contribution in [3.8, 4) is 0 Å². The van der Waals surface area contributed by atoms with Crippen molar-refractivity contribution >= 4 is 17.5 Å². The van der Waals surface area contributed by atoms with E-state index in [0.29, 0.717) is 12.0 Å². The first-order valence-corrected chi connectivity index (χ1v) is 7.65. The van der Waals surface area contributed by atoms with E-state index in [1.165, 1.54) is 6.07 Å². The molecule has 0 radical (unpaired) electrons. The summed E-state index contributed by atoms with van der Waals surface area (Å²) in [5.41, 5.74) is 2.24. The molecule has 2 N–H and O–H groups in total. The molecule has 3 rings (SSSR count). The largest absolute Gasteiger partial charge is 0.369 e. The smallest absolute Gasteiger partial charge is 0.234 e. The average Bonchev–Trinajstić information content (AvgIpc) is 2.50. The molecule has 1 atom stereocenters. The maximum atomic E-state index is 14.5. The lowest BCUT2D eigenvalue weighted by Crippen LogP contribution is -2.44. The van der Waals surface area contributed by atoms with Crippen LogP contribution in [-0.2, 0) is 9.59 Å². The van der Waals surface area contributed by atoms with E-state index in [0.717, 1.165) is 37.4 Å². The Morgan fingerprint density at radius 1 is 1.23 bits per heavy atom. The zero-order chi connectivity index (χ0) is 15.7. The van der Waals surface area contributed by atoms with Crippen molar-refractivity contribution in [1.29, 1.82) is 0 Å².